The fraction of sp³-hybridized carbons (Fsp3) is 0.240. The lowest BCUT2D eigenvalue weighted by Gasteiger charge is -2.35. The summed E-state index contributed by atoms with van der Waals surface area (Å²) in [5.74, 6) is -0.284. The second-order valence-electron chi connectivity index (χ2n) is 7.74. The van der Waals surface area contributed by atoms with Crippen LogP contribution in [0, 0.1) is 0 Å². The van der Waals surface area contributed by atoms with Crippen LogP contribution >= 0.6 is 0 Å². The molecule has 4 rings (SSSR count). The number of rotatable bonds is 6. The molecule has 3 aromatic carbocycles. The zero-order valence-electron chi connectivity index (χ0n) is 17.5. The first-order valence-corrected chi connectivity index (χ1v) is 11.9. The molecule has 0 radical (unpaired) electrons. The molecular formula is C25H26N2O3S. The van der Waals surface area contributed by atoms with E-state index in [9.17, 15) is 13.2 Å². The summed E-state index contributed by atoms with van der Waals surface area (Å²) in [6, 6.07) is 23.3. The first kappa shape index (κ1) is 21.3. The molecule has 0 saturated carbocycles. The average Bonchev–Trinajstić information content (AvgIpc) is 2.82. The first-order valence-electron chi connectivity index (χ1n) is 10.5. The van der Waals surface area contributed by atoms with Crippen LogP contribution in [-0.2, 0) is 40.7 Å². The molecule has 1 aliphatic heterocycles. The summed E-state index contributed by atoms with van der Waals surface area (Å²) < 4.78 is 28.1. The van der Waals surface area contributed by atoms with Gasteiger partial charge in [-0.25, -0.2) is 8.42 Å². The third-order valence-corrected chi connectivity index (χ3v) is 7.62. The quantitative estimate of drug-likeness (QED) is 0.644. The van der Waals surface area contributed by atoms with Crippen molar-refractivity contribution >= 4 is 15.9 Å². The molecule has 6 heteroatoms. The molecule has 0 aromatic heterocycles. The van der Waals surface area contributed by atoms with Gasteiger partial charge in [-0.3, -0.25) is 4.79 Å². The minimum atomic E-state index is -3.82. The number of hydrogen-bond donors (Lipinski definition) is 1. The zero-order valence-corrected chi connectivity index (χ0v) is 18.3. The molecule has 0 aliphatic carbocycles. The van der Waals surface area contributed by atoms with Crippen molar-refractivity contribution in [2.24, 2.45) is 0 Å². The SMILES string of the molecule is CCc1ccc(CNC(=O)[C@H]2Cc3ccccc3CN2S(=O)(=O)c2ccccc2)cc1. The van der Waals surface area contributed by atoms with Crippen LogP contribution in [0.5, 0.6) is 0 Å². The lowest BCUT2D eigenvalue weighted by atomic mass is 9.95. The highest BCUT2D eigenvalue weighted by molar-refractivity contribution is 7.89. The maximum absolute atomic E-state index is 13.4. The fourth-order valence-electron chi connectivity index (χ4n) is 3.90. The van der Waals surface area contributed by atoms with Crippen molar-refractivity contribution in [3.63, 3.8) is 0 Å². The monoisotopic (exact) mass is 434 g/mol. The third kappa shape index (κ3) is 4.55. The van der Waals surface area contributed by atoms with Crippen molar-refractivity contribution in [2.45, 2.75) is 43.8 Å². The van der Waals surface area contributed by atoms with Crippen LogP contribution in [-0.4, -0.2) is 24.7 Å². The number of carbonyl (C=O) groups excluding carboxylic acids is 1. The molecule has 5 nitrogen and oxygen atoms in total. The molecule has 0 fully saturated rings. The topological polar surface area (TPSA) is 66.5 Å². The number of aryl methyl sites for hydroxylation is 1. The fourth-order valence-corrected chi connectivity index (χ4v) is 5.49. The maximum atomic E-state index is 13.4. The average molecular weight is 435 g/mol. The number of nitrogens with one attached hydrogen (secondary N) is 1. The van der Waals surface area contributed by atoms with Crippen LogP contribution in [0.15, 0.2) is 83.8 Å². The van der Waals surface area contributed by atoms with Crippen LogP contribution in [0.1, 0.15) is 29.2 Å². The van der Waals surface area contributed by atoms with E-state index in [-0.39, 0.29) is 17.3 Å². The molecule has 0 spiro atoms. The molecule has 1 atom stereocenters. The number of carbonyl (C=O) groups is 1. The zero-order chi connectivity index (χ0) is 21.8. The van der Waals surface area contributed by atoms with E-state index >= 15 is 0 Å². The lowest BCUT2D eigenvalue weighted by Crippen LogP contribution is -2.52. The van der Waals surface area contributed by atoms with E-state index in [4.69, 9.17) is 0 Å². The van der Waals surface area contributed by atoms with Gasteiger partial charge in [0.25, 0.3) is 0 Å². The van der Waals surface area contributed by atoms with Crippen molar-refractivity contribution < 1.29 is 13.2 Å². The van der Waals surface area contributed by atoms with Crippen LogP contribution in [0.4, 0.5) is 0 Å². The number of nitrogens with zero attached hydrogens (tertiary/aromatic N) is 1. The molecule has 0 bridgehead atoms. The van der Waals surface area contributed by atoms with Crippen molar-refractivity contribution in [3.05, 3.63) is 101 Å². The van der Waals surface area contributed by atoms with E-state index in [2.05, 4.69) is 12.2 Å². The highest BCUT2D eigenvalue weighted by atomic mass is 32.2. The van der Waals surface area contributed by atoms with Gasteiger partial charge in [-0.15, -0.1) is 0 Å². The van der Waals surface area contributed by atoms with E-state index in [1.807, 2.05) is 48.5 Å². The van der Waals surface area contributed by atoms with Crippen molar-refractivity contribution in [1.82, 2.24) is 9.62 Å². The number of sulfonamides is 1. The van der Waals surface area contributed by atoms with Gasteiger partial charge in [-0.2, -0.15) is 4.31 Å². The Labute approximate surface area is 183 Å². The number of hydrogen-bond acceptors (Lipinski definition) is 3. The minimum absolute atomic E-state index is 0.177. The Kier molecular flexibility index (Phi) is 6.20. The van der Waals surface area contributed by atoms with Crippen LogP contribution in [0.2, 0.25) is 0 Å². The van der Waals surface area contributed by atoms with Crippen molar-refractivity contribution in [1.29, 1.82) is 0 Å². The van der Waals surface area contributed by atoms with Gasteiger partial charge in [-0.05, 0) is 47.2 Å². The third-order valence-electron chi connectivity index (χ3n) is 5.76. The van der Waals surface area contributed by atoms with Gasteiger partial charge < -0.3 is 5.32 Å². The lowest BCUT2D eigenvalue weighted by molar-refractivity contribution is -0.125. The number of fused-ring (bicyclic) bond motifs is 1. The Hall–Kier alpha value is -2.96. The summed E-state index contributed by atoms with van der Waals surface area (Å²) in [7, 11) is -3.82. The van der Waals surface area contributed by atoms with Crippen LogP contribution in [0.3, 0.4) is 0 Å². The van der Waals surface area contributed by atoms with Gasteiger partial charge in [0.1, 0.15) is 6.04 Å². The summed E-state index contributed by atoms with van der Waals surface area (Å²) in [5.41, 5.74) is 4.16. The van der Waals surface area contributed by atoms with E-state index in [0.29, 0.717) is 13.0 Å². The second kappa shape index (κ2) is 9.04. The highest BCUT2D eigenvalue weighted by Crippen LogP contribution is 2.29. The Bertz CT molecular complexity index is 1160. The van der Waals surface area contributed by atoms with Gasteiger partial charge in [0.05, 0.1) is 4.90 Å². The summed E-state index contributed by atoms with van der Waals surface area (Å²) in [4.78, 5) is 13.4. The summed E-state index contributed by atoms with van der Waals surface area (Å²) in [5, 5.41) is 2.95. The van der Waals surface area contributed by atoms with Gasteiger partial charge in [0.15, 0.2) is 0 Å². The minimum Gasteiger partial charge on any atom is -0.351 e. The van der Waals surface area contributed by atoms with Crippen molar-refractivity contribution in [3.8, 4) is 0 Å². The first-order chi connectivity index (χ1) is 15.0. The number of benzene rings is 3. The highest BCUT2D eigenvalue weighted by Gasteiger charge is 2.39. The molecule has 3 aromatic rings. The molecule has 1 heterocycles. The Morgan fingerprint density at radius 3 is 2.19 bits per heavy atom. The number of amides is 1. The smallest absolute Gasteiger partial charge is 0.244 e. The van der Waals surface area contributed by atoms with Gasteiger partial charge in [0.2, 0.25) is 15.9 Å². The Morgan fingerprint density at radius 1 is 0.903 bits per heavy atom. The van der Waals surface area contributed by atoms with Gasteiger partial charge >= 0.3 is 0 Å². The Balaban J connectivity index is 1.60. The van der Waals surface area contributed by atoms with Gasteiger partial charge in [0, 0.05) is 13.1 Å². The molecular weight excluding hydrogens is 408 g/mol. The van der Waals surface area contributed by atoms with E-state index in [0.717, 1.165) is 23.1 Å². The molecule has 0 saturated heterocycles. The summed E-state index contributed by atoms with van der Waals surface area (Å²) in [6.07, 6.45) is 1.31. The molecule has 1 N–H and O–H groups in total. The Morgan fingerprint density at radius 2 is 1.52 bits per heavy atom. The molecule has 160 valence electrons. The second-order valence-corrected chi connectivity index (χ2v) is 9.63. The summed E-state index contributed by atoms with van der Waals surface area (Å²) >= 11 is 0. The van der Waals surface area contributed by atoms with E-state index in [1.54, 1.807) is 30.3 Å². The van der Waals surface area contributed by atoms with Crippen LogP contribution in [0.25, 0.3) is 0 Å². The normalized spacial score (nSPS) is 16.5. The molecule has 0 unspecified atom stereocenters. The largest absolute Gasteiger partial charge is 0.351 e. The summed E-state index contributed by atoms with van der Waals surface area (Å²) in [6.45, 7) is 2.64. The van der Waals surface area contributed by atoms with Crippen LogP contribution < -0.4 is 5.32 Å². The molecule has 1 aliphatic rings. The maximum Gasteiger partial charge on any atom is 0.244 e. The molecule has 1 amide bonds. The molecule has 31 heavy (non-hydrogen) atoms. The predicted octanol–water partition coefficient (Wildman–Crippen LogP) is 3.68. The van der Waals surface area contributed by atoms with E-state index < -0.39 is 16.1 Å². The predicted molar refractivity (Wildman–Crippen MR) is 121 cm³/mol. The van der Waals surface area contributed by atoms with Crippen molar-refractivity contribution in [2.75, 3.05) is 0 Å². The van der Waals surface area contributed by atoms with E-state index in [1.165, 1.54) is 9.87 Å². The van der Waals surface area contributed by atoms with Gasteiger partial charge in [-0.1, -0.05) is 73.7 Å². The standard InChI is InChI=1S/C25H26N2O3S/c1-2-19-12-14-20(15-13-19)17-26-25(28)24-16-21-8-6-7-9-22(21)18-27(24)31(29,30)23-10-4-3-5-11-23/h3-15,24H,2,16-18H2,1H3,(H,26,28)/t24-/m1/s1.